The van der Waals surface area contributed by atoms with E-state index in [4.69, 9.17) is 5.73 Å². The maximum absolute atomic E-state index is 12.3. The topological polar surface area (TPSA) is 84.2 Å². The fourth-order valence-corrected chi connectivity index (χ4v) is 3.42. The Morgan fingerprint density at radius 2 is 1.48 bits per heavy atom. The lowest BCUT2D eigenvalue weighted by molar-refractivity contribution is 0.0999. The van der Waals surface area contributed by atoms with E-state index in [0.29, 0.717) is 17.8 Å². The van der Waals surface area contributed by atoms with Crippen molar-refractivity contribution in [1.29, 1.82) is 0 Å². The third kappa shape index (κ3) is 5.45. The molecule has 3 amide bonds. The maximum atomic E-state index is 12.3. The molecule has 3 aromatic carbocycles. The van der Waals surface area contributed by atoms with Gasteiger partial charge in [0, 0.05) is 23.7 Å². The smallest absolute Gasteiger partial charge is 0.319 e. The molecule has 0 aromatic heterocycles. The summed E-state index contributed by atoms with van der Waals surface area (Å²) in [5, 5.41) is 5.72. The van der Waals surface area contributed by atoms with Gasteiger partial charge in [-0.1, -0.05) is 60.7 Å². The highest BCUT2D eigenvalue weighted by Gasteiger charge is 2.14. The zero-order valence-electron chi connectivity index (χ0n) is 16.4. The Balaban J connectivity index is 1.60. The molecule has 0 bridgehead atoms. The van der Waals surface area contributed by atoms with Gasteiger partial charge in [0.1, 0.15) is 0 Å². The van der Waals surface area contributed by atoms with Gasteiger partial charge in [0.15, 0.2) is 0 Å². The summed E-state index contributed by atoms with van der Waals surface area (Å²) in [6.45, 7) is 2.31. The number of carbonyl (C=O) groups is 2. The van der Waals surface area contributed by atoms with Crippen LogP contribution in [0.25, 0.3) is 0 Å². The van der Waals surface area contributed by atoms with Crippen molar-refractivity contribution >= 4 is 17.6 Å². The van der Waals surface area contributed by atoms with Gasteiger partial charge in [-0.15, -0.1) is 0 Å². The number of hydrogen-bond acceptors (Lipinski definition) is 2. The number of amides is 3. The standard InChI is InChI=1S/C24H25N3O2/c1-17-16-20(12-13-21(17)23(25)28)27-24(29)26-15-14-22(18-8-4-2-5-9-18)19-10-6-3-7-11-19/h2-13,16,22H,14-15H2,1H3,(H2,25,28)(H2,26,27,29). The van der Waals surface area contributed by atoms with E-state index in [1.807, 2.05) is 36.4 Å². The Hall–Kier alpha value is -3.60. The summed E-state index contributed by atoms with van der Waals surface area (Å²) >= 11 is 0. The van der Waals surface area contributed by atoms with E-state index < -0.39 is 5.91 Å². The van der Waals surface area contributed by atoms with Crippen LogP contribution in [0.5, 0.6) is 0 Å². The second-order valence-electron chi connectivity index (χ2n) is 6.94. The molecule has 4 N–H and O–H groups in total. The van der Waals surface area contributed by atoms with E-state index in [-0.39, 0.29) is 11.9 Å². The molecule has 5 heteroatoms. The largest absolute Gasteiger partial charge is 0.366 e. The van der Waals surface area contributed by atoms with Crippen LogP contribution in [0, 0.1) is 6.92 Å². The molecular weight excluding hydrogens is 362 g/mol. The van der Waals surface area contributed by atoms with E-state index in [2.05, 4.69) is 34.9 Å². The predicted molar refractivity (Wildman–Crippen MR) is 116 cm³/mol. The van der Waals surface area contributed by atoms with E-state index in [9.17, 15) is 9.59 Å². The minimum absolute atomic E-state index is 0.204. The number of primary amides is 1. The minimum Gasteiger partial charge on any atom is -0.366 e. The van der Waals surface area contributed by atoms with Crippen molar-refractivity contribution in [1.82, 2.24) is 5.32 Å². The van der Waals surface area contributed by atoms with Crippen LogP contribution < -0.4 is 16.4 Å². The molecule has 0 saturated carbocycles. The Morgan fingerprint density at radius 3 is 2.00 bits per heavy atom. The normalized spacial score (nSPS) is 10.6. The molecule has 0 aliphatic rings. The van der Waals surface area contributed by atoms with Crippen LogP contribution >= 0.6 is 0 Å². The molecule has 0 atom stereocenters. The Labute approximate surface area is 170 Å². The Morgan fingerprint density at radius 1 is 0.897 bits per heavy atom. The maximum Gasteiger partial charge on any atom is 0.319 e. The first-order valence-corrected chi connectivity index (χ1v) is 9.60. The number of urea groups is 1. The van der Waals surface area contributed by atoms with Crippen LogP contribution in [-0.2, 0) is 0 Å². The number of hydrogen-bond donors (Lipinski definition) is 3. The summed E-state index contributed by atoms with van der Waals surface area (Å²) in [6, 6.07) is 25.3. The van der Waals surface area contributed by atoms with Gasteiger partial charge in [0.25, 0.3) is 0 Å². The first kappa shape index (κ1) is 20.1. The molecule has 0 radical (unpaired) electrons. The first-order chi connectivity index (χ1) is 14.0. The highest BCUT2D eigenvalue weighted by molar-refractivity contribution is 5.95. The van der Waals surface area contributed by atoms with Gasteiger partial charge in [-0.3, -0.25) is 4.79 Å². The minimum atomic E-state index is -0.480. The van der Waals surface area contributed by atoms with Gasteiger partial charge in [0.2, 0.25) is 5.91 Å². The second-order valence-corrected chi connectivity index (χ2v) is 6.94. The molecule has 0 spiro atoms. The molecule has 0 heterocycles. The SMILES string of the molecule is Cc1cc(NC(=O)NCCC(c2ccccc2)c2ccccc2)ccc1C(N)=O. The third-order valence-electron chi connectivity index (χ3n) is 4.87. The number of carbonyl (C=O) groups excluding carboxylic acids is 2. The summed E-state index contributed by atoms with van der Waals surface area (Å²) in [6.07, 6.45) is 0.779. The lowest BCUT2D eigenvalue weighted by Gasteiger charge is -2.18. The lowest BCUT2D eigenvalue weighted by Crippen LogP contribution is -2.30. The van der Waals surface area contributed by atoms with Crippen LogP contribution in [0.3, 0.4) is 0 Å². The molecule has 3 rings (SSSR count). The van der Waals surface area contributed by atoms with Crippen LogP contribution in [0.4, 0.5) is 10.5 Å². The van der Waals surface area contributed by atoms with Crippen molar-refractivity contribution in [2.45, 2.75) is 19.3 Å². The van der Waals surface area contributed by atoms with Crippen molar-refractivity contribution in [3.8, 4) is 0 Å². The van der Waals surface area contributed by atoms with E-state index >= 15 is 0 Å². The average Bonchev–Trinajstić information content (AvgIpc) is 2.72. The van der Waals surface area contributed by atoms with E-state index in [0.717, 1.165) is 12.0 Å². The molecule has 0 saturated heterocycles. The van der Waals surface area contributed by atoms with Crippen LogP contribution in [0.1, 0.15) is 39.4 Å². The van der Waals surface area contributed by atoms with Crippen molar-refractivity contribution in [2.24, 2.45) is 5.73 Å². The second kappa shape index (κ2) is 9.55. The Kier molecular flexibility index (Phi) is 6.63. The zero-order valence-corrected chi connectivity index (χ0v) is 16.4. The molecule has 0 aliphatic carbocycles. The molecule has 3 aromatic rings. The fourth-order valence-electron chi connectivity index (χ4n) is 3.42. The Bertz CT molecular complexity index is 932. The molecular formula is C24H25N3O2. The lowest BCUT2D eigenvalue weighted by atomic mass is 9.88. The number of anilines is 1. The first-order valence-electron chi connectivity index (χ1n) is 9.60. The number of nitrogens with two attached hydrogens (primary N) is 1. The summed E-state index contributed by atoms with van der Waals surface area (Å²) in [5.74, 6) is -0.277. The zero-order chi connectivity index (χ0) is 20.6. The molecule has 0 fully saturated rings. The summed E-state index contributed by atoms with van der Waals surface area (Å²) in [7, 11) is 0. The van der Waals surface area contributed by atoms with Crippen molar-refractivity contribution in [3.05, 3.63) is 101 Å². The monoisotopic (exact) mass is 387 g/mol. The molecule has 29 heavy (non-hydrogen) atoms. The van der Waals surface area contributed by atoms with Crippen LogP contribution in [-0.4, -0.2) is 18.5 Å². The number of nitrogens with one attached hydrogen (secondary N) is 2. The van der Waals surface area contributed by atoms with Gasteiger partial charge in [-0.25, -0.2) is 4.79 Å². The van der Waals surface area contributed by atoms with E-state index in [1.165, 1.54) is 11.1 Å². The summed E-state index contributed by atoms with van der Waals surface area (Å²) in [4.78, 5) is 23.6. The van der Waals surface area contributed by atoms with Crippen LogP contribution in [0.15, 0.2) is 78.9 Å². The van der Waals surface area contributed by atoms with Gasteiger partial charge in [-0.05, 0) is 48.2 Å². The fraction of sp³-hybridized carbons (Fsp3) is 0.167. The van der Waals surface area contributed by atoms with Crippen molar-refractivity contribution in [3.63, 3.8) is 0 Å². The van der Waals surface area contributed by atoms with E-state index in [1.54, 1.807) is 25.1 Å². The summed E-state index contributed by atoms with van der Waals surface area (Å²) < 4.78 is 0. The van der Waals surface area contributed by atoms with Gasteiger partial charge >= 0.3 is 6.03 Å². The number of benzene rings is 3. The summed E-state index contributed by atoms with van der Waals surface area (Å²) in [5.41, 5.74) is 9.55. The van der Waals surface area contributed by atoms with Crippen molar-refractivity contribution < 1.29 is 9.59 Å². The number of rotatable bonds is 7. The molecule has 5 nitrogen and oxygen atoms in total. The van der Waals surface area contributed by atoms with Crippen LogP contribution in [0.2, 0.25) is 0 Å². The predicted octanol–water partition coefficient (Wildman–Crippen LogP) is 4.44. The highest BCUT2D eigenvalue weighted by atomic mass is 16.2. The van der Waals surface area contributed by atoms with Crippen molar-refractivity contribution in [2.75, 3.05) is 11.9 Å². The van der Waals surface area contributed by atoms with Gasteiger partial charge < -0.3 is 16.4 Å². The quantitative estimate of drug-likeness (QED) is 0.560. The van der Waals surface area contributed by atoms with Gasteiger partial charge in [-0.2, -0.15) is 0 Å². The number of aryl methyl sites for hydroxylation is 1. The average molecular weight is 387 g/mol. The molecule has 148 valence electrons. The van der Waals surface area contributed by atoms with Gasteiger partial charge in [0.05, 0.1) is 0 Å². The molecule has 0 aliphatic heterocycles. The third-order valence-corrected chi connectivity index (χ3v) is 4.87. The molecule has 0 unspecified atom stereocenters. The highest BCUT2D eigenvalue weighted by Crippen LogP contribution is 2.27.